The maximum atomic E-state index is 13.5. The van der Waals surface area contributed by atoms with E-state index in [2.05, 4.69) is 10.4 Å². The van der Waals surface area contributed by atoms with Crippen LogP contribution >= 0.6 is 0 Å². The summed E-state index contributed by atoms with van der Waals surface area (Å²) in [5.74, 6) is -0.625. The third-order valence-corrected chi connectivity index (χ3v) is 3.81. The van der Waals surface area contributed by atoms with Crippen LogP contribution in [0.25, 0.3) is 0 Å². The van der Waals surface area contributed by atoms with Crippen molar-refractivity contribution in [1.29, 1.82) is 0 Å². The summed E-state index contributed by atoms with van der Waals surface area (Å²) in [5.41, 5.74) is -2.60. The van der Waals surface area contributed by atoms with Gasteiger partial charge < -0.3 is 19.9 Å². The molecule has 1 aromatic heterocycles. The van der Waals surface area contributed by atoms with Gasteiger partial charge in [-0.25, -0.2) is 9.48 Å². The van der Waals surface area contributed by atoms with Crippen molar-refractivity contribution in [2.24, 2.45) is 0 Å². The molecule has 0 aliphatic heterocycles. The minimum Gasteiger partial charge on any atom is -0.497 e. The number of rotatable bonds is 9. The van der Waals surface area contributed by atoms with Crippen molar-refractivity contribution in [3.63, 3.8) is 0 Å². The second kappa shape index (κ2) is 9.41. The fraction of sp³-hybridized carbons (Fsp3) is 0.389. The summed E-state index contributed by atoms with van der Waals surface area (Å²) < 4.78 is 51.2. The van der Waals surface area contributed by atoms with Gasteiger partial charge in [-0.15, -0.1) is 0 Å². The van der Waals surface area contributed by atoms with Gasteiger partial charge in [0.05, 0.1) is 32.1 Å². The Morgan fingerprint density at radius 1 is 1.31 bits per heavy atom. The quantitative estimate of drug-likeness (QED) is 0.647. The van der Waals surface area contributed by atoms with Crippen LogP contribution in [-0.4, -0.2) is 47.2 Å². The van der Waals surface area contributed by atoms with E-state index in [1.54, 1.807) is 24.3 Å². The Kier molecular flexibility index (Phi) is 7.21. The molecular weight excluding hydrogens is 395 g/mol. The molecule has 2 aromatic rings. The van der Waals surface area contributed by atoms with Crippen LogP contribution in [0, 0.1) is 0 Å². The standard InChI is InChI=1S/C18H20F3N3O5/c1-11(9-29-10-15(25)26)23-14-7-22-24(17(27)16(14)18(19,20)21)8-12-3-5-13(28-2)6-4-12/h3-7,11,23H,8-10H2,1-2H3,(H,25,26). The Hall–Kier alpha value is -3.08. The fourth-order valence-electron chi connectivity index (χ4n) is 2.52. The number of benzene rings is 1. The minimum absolute atomic E-state index is 0.149. The number of carboxylic acids is 1. The zero-order valence-electron chi connectivity index (χ0n) is 15.7. The summed E-state index contributed by atoms with van der Waals surface area (Å²) >= 11 is 0. The number of nitrogens with one attached hydrogen (secondary N) is 1. The highest BCUT2D eigenvalue weighted by atomic mass is 19.4. The molecular formula is C18H20F3N3O5. The topological polar surface area (TPSA) is 103 Å². The van der Waals surface area contributed by atoms with Gasteiger partial charge in [-0.3, -0.25) is 4.79 Å². The molecule has 1 aromatic carbocycles. The van der Waals surface area contributed by atoms with Crippen molar-refractivity contribution in [2.45, 2.75) is 25.7 Å². The number of halogens is 3. The Morgan fingerprint density at radius 3 is 2.52 bits per heavy atom. The molecule has 8 nitrogen and oxygen atoms in total. The Balaban J connectivity index is 2.26. The molecule has 0 fully saturated rings. The summed E-state index contributed by atoms with van der Waals surface area (Å²) in [6.45, 7) is 0.590. The van der Waals surface area contributed by atoms with E-state index in [-0.39, 0.29) is 13.2 Å². The van der Waals surface area contributed by atoms with Crippen LogP contribution in [0.5, 0.6) is 5.75 Å². The number of aromatic nitrogens is 2. The zero-order chi connectivity index (χ0) is 21.6. The summed E-state index contributed by atoms with van der Waals surface area (Å²) in [6, 6.07) is 5.80. The maximum absolute atomic E-state index is 13.5. The van der Waals surface area contributed by atoms with Gasteiger partial charge in [-0.1, -0.05) is 12.1 Å². The summed E-state index contributed by atoms with van der Waals surface area (Å²) in [5, 5.41) is 14.9. The van der Waals surface area contributed by atoms with Crippen LogP contribution in [0.15, 0.2) is 35.3 Å². The van der Waals surface area contributed by atoms with Crippen molar-refractivity contribution >= 4 is 11.7 Å². The van der Waals surface area contributed by atoms with E-state index in [4.69, 9.17) is 14.6 Å². The summed E-state index contributed by atoms with van der Waals surface area (Å²) in [4.78, 5) is 22.9. The van der Waals surface area contributed by atoms with Crippen molar-refractivity contribution < 1.29 is 32.5 Å². The van der Waals surface area contributed by atoms with Gasteiger partial charge in [0.2, 0.25) is 0 Å². The predicted octanol–water partition coefficient (Wildman–Crippen LogP) is 2.22. The van der Waals surface area contributed by atoms with E-state index in [9.17, 15) is 22.8 Å². The molecule has 0 radical (unpaired) electrons. The molecule has 29 heavy (non-hydrogen) atoms. The van der Waals surface area contributed by atoms with Crippen molar-refractivity contribution in [1.82, 2.24) is 9.78 Å². The lowest BCUT2D eigenvalue weighted by Gasteiger charge is -2.19. The highest BCUT2D eigenvalue weighted by molar-refractivity contribution is 5.68. The Morgan fingerprint density at radius 2 is 1.97 bits per heavy atom. The molecule has 158 valence electrons. The van der Waals surface area contributed by atoms with Crippen LogP contribution in [0.2, 0.25) is 0 Å². The first-order chi connectivity index (χ1) is 13.6. The highest BCUT2D eigenvalue weighted by Gasteiger charge is 2.38. The first-order valence-corrected chi connectivity index (χ1v) is 8.48. The molecule has 0 saturated heterocycles. The Bertz CT molecular complexity index is 897. The summed E-state index contributed by atoms with van der Waals surface area (Å²) in [7, 11) is 1.48. The molecule has 11 heteroatoms. The van der Waals surface area contributed by atoms with E-state index in [0.717, 1.165) is 10.9 Å². The predicted molar refractivity (Wildman–Crippen MR) is 97.1 cm³/mol. The maximum Gasteiger partial charge on any atom is 0.423 e. The molecule has 0 bridgehead atoms. The molecule has 2 N–H and O–H groups in total. The molecule has 2 rings (SSSR count). The number of hydrogen-bond donors (Lipinski definition) is 2. The van der Waals surface area contributed by atoms with Crippen molar-refractivity contribution in [2.75, 3.05) is 25.6 Å². The van der Waals surface area contributed by atoms with E-state index < -0.39 is 41.6 Å². The third-order valence-electron chi connectivity index (χ3n) is 3.81. The number of nitrogens with zero attached hydrogens (tertiary/aromatic N) is 2. The van der Waals surface area contributed by atoms with Gasteiger partial charge in [-0.05, 0) is 24.6 Å². The van der Waals surface area contributed by atoms with Gasteiger partial charge >= 0.3 is 12.1 Å². The molecule has 0 saturated carbocycles. The molecule has 1 heterocycles. The van der Waals surface area contributed by atoms with Gasteiger partial charge in [0, 0.05) is 6.04 Å². The number of aliphatic carboxylic acids is 1. The Labute approximate surface area is 163 Å². The van der Waals surface area contributed by atoms with Crippen LogP contribution in [0.4, 0.5) is 18.9 Å². The van der Waals surface area contributed by atoms with E-state index >= 15 is 0 Å². The van der Waals surface area contributed by atoms with Gasteiger partial charge in [0.15, 0.2) is 0 Å². The zero-order valence-corrected chi connectivity index (χ0v) is 15.7. The number of alkyl halides is 3. The lowest BCUT2D eigenvalue weighted by Crippen LogP contribution is -2.34. The first-order valence-electron chi connectivity index (χ1n) is 8.48. The number of methoxy groups -OCH3 is 1. The van der Waals surface area contributed by atoms with Crippen LogP contribution < -0.4 is 15.6 Å². The average Bonchev–Trinajstić information content (AvgIpc) is 2.63. The van der Waals surface area contributed by atoms with Gasteiger partial charge in [0.25, 0.3) is 5.56 Å². The van der Waals surface area contributed by atoms with Crippen molar-refractivity contribution in [3.8, 4) is 5.75 Å². The number of hydrogen-bond acceptors (Lipinski definition) is 6. The fourth-order valence-corrected chi connectivity index (χ4v) is 2.52. The van der Waals surface area contributed by atoms with Crippen LogP contribution in [0.3, 0.4) is 0 Å². The minimum atomic E-state index is -4.91. The SMILES string of the molecule is COc1ccc(Cn2ncc(NC(C)COCC(=O)O)c(C(F)(F)F)c2=O)cc1. The number of carboxylic acid groups (broad SMARTS) is 1. The number of anilines is 1. The normalized spacial score (nSPS) is 12.4. The number of ether oxygens (including phenoxy) is 2. The highest BCUT2D eigenvalue weighted by Crippen LogP contribution is 2.32. The molecule has 0 aliphatic carbocycles. The molecule has 1 atom stereocenters. The second-order valence-electron chi connectivity index (χ2n) is 6.20. The van der Waals surface area contributed by atoms with Gasteiger partial charge in [-0.2, -0.15) is 18.3 Å². The van der Waals surface area contributed by atoms with Crippen LogP contribution in [-0.2, 0) is 22.3 Å². The molecule has 0 spiro atoms. The lowest BCUT2D eigenvalue weighted by atomic mass is 10.2. The summed E-state index contributed by atoms with van der Waals surface area (Å²) in [6.07, 6.45) is -3.99. The largest absolute Gasteiger partial charge is 0.497 e. The number of carbonyl (C=O) groups is 1. The second-order valence-corrected chi connectivity index (χ2v) is 6.20. The smallest absolute Gasteiger partial charge is 0.423 e. The molecule has 1 unspecified atom stereocenters. The first kappa shape index (κ1) is 22.2. The van der Waals surface area contributed by atoms with E-state index in [0.29, 0.717) is 11.3 Å². The van der Waals surface area contributed by atoms with Crippen LogP contribution in [0.1, 0.15) is 18.1 Å². The van der Waals surface area contributed by atoms with Crippen molar-refractivity contribution in [3.05, 3.63) is 51.9 Å². The van der Waals surface area contributed by atoms with Gasteiger partial charge in [0.1, 0.15) is 17.9 Å². The van der Waals surface area contributed by atoms with E-state index in [1.165, 1.54) is 14.0 Å². The average molecular weight is 415 g/mol. The third kappa shape index (κ3) is 6.21. The monoisotopic (exact) mass is 415 g/mol. The lowest BCUT2D eigenvalue weighted by molar-refractivity contribution is -0.142. The van der Waals surface area contributed by atoms with E-state index in [1.807, 2.05) is 0 Å². The molecule has 0 amide bonds. The molecule has 0 aliphatic rings.